The van der Waals surface area contributed by atoms with Gasteiger partial charge in [-0.2, -0.15) is 0 Å². The zero-order valence-electron chi connectivity index (χ0n) is 7.71. The summed E-state index contributed by atoms with van der Waals surface area (Å²) in [5.74, 6) is 1.87. The molecule has 0 N–H and O–H groups in total. The van der Waals surface area contributed by atoms with Crippen LogP contribution in [0.5, 0.6) is 0 Å². The summed E-state index contributed by atoms with van der Waals surface area (Å²) in [7, 11) is 0. The molecule has 0 nitrogen and oxygen atoms in total. The number of fused-ring (bicyclic) bond motifs is 1. The zero-order valence-corrected chi connectivity index (χ0v) is 7.71. The maximum absolute atomic E-state index is 2.47. The quantitative estimate of drug-likeness (QED) is 0.476. The van der Waals surface area contributed by atoms with Crippen LogP contribution in [0.25, 0.3) is 0 Å². The fourth-order valence-corrected chi connectivity index (χ4v) is 2.44. The molecule has 0 aromatic rings. The Balaban J connectivity index is 2.04. The van der Waals surface area contributed by atoms with Crippen LogP contribution in [0.15, 0.2) is 24.3 Å². The Morgan fingerprint density at radius 1 is 0.917 bits per heavy atom. The second kappa shape index (κ2) is 3.93. The van der Waals surface area contributed by atoms with Crippen molar-refractivity contribution < 1.29 is 0 Å². The molecule has 12 heavy (non-hydrogen) atoms. The van der Waals surface area contributed by atoms with Crippen molar-refractivity contribution in [2.75, 3.05) is 0 Å². The van der Waals surface area contributed by atoms with E-state index in [2.05, 4.69) is 24.3 Å². The van der Waals surface area contributed by atoms with E-state index >= 15 is 0 Å². The minimum absolute atomic E-state index is 0.906. The third-order valence-corrected chi connectivity index (χ3v) is 3.21. The lowest BCUT2D eigenvalue weighted by molar-refractivity contribution is 0.331. The summed E-state index contributed by atoms with van der Waals surface area (Å²) in [6.07, 6.45) is 17.8. The van der Waals surface area contributed by atoms with Crippen LogP contribution in [0.3, 0.4) is 0 Å². The fourth-order valence-electron chi connectivity index (χ4n) is 2.44. The molecule has 0 aromatic carbocycles. The first-order valence-electron chi connectivity index (χ1n) is 5.28. The molecule has 0 fully saturated rings. The monoisotopic (exact) mass is 162 g/mol. The SMILES string of the molecule is C1=CCC2CCC=CC2CCC1. The molecule has 66 valence electrons. The summed E-state index contributed by atoms with van der Waals surface area (Å²) < 4.78 is 0. The standard InChI is InChI=1S/C12H18/c1-2-4-8-12-10-6-5-9-11(12)7-3-1/h1,3,6,10-12H,2,4-5,7-9H2. The predicted molar refractivity (Wildman–Crippen MR) is 53.0 cm³/mol. The van der Waals surface area contributed by atoms with Gasteiger partial charge >= 0.3 is 0 Å². The lowest BCUT2D eigenvalue weighted by atomic mass is 9.78. The van der Waals surface area contributed by atoms with Crippen LogP contribution in [-0.4, -0.2) is 0 Å². The Morgan fingerprint density at radius 3 is 2.92 bits per heavy atom. The molecule has 0 aliphatic heterocycles. The van der Waals surface area contributed by atoms with Crippen molar-refractivity contribution >= 4 is 0 Å². The summed E-state index contributed by atoms with van der Waals surface area (Å²) in [6.45, 7) is 0. The van der Waals surface area contributed by atoms with Crippen molar-refractivity contribution in [1.82, 2.24) is 0 Å². The zero-order chi connectivity index (χ0) is 8.23. The Bertz CT molecular complexity index is 188. The average molecular weight is 162 g/mol. The third kappa shape index (κ3) is 1.80. The van der Waals surface area contributed by atoms with E-state index in [9.17, 15) is 0 Å². The van der Waals surface area contributed by atoms with Crippen LogP contribution in [0, 0.1) is 11.8 Å². The van der Waals surface area contributed by atoms with Gasteiger partial charge in [0.1, 0.15) is 0 Å². The van der Waals surface area contributed by atoms with Gasteiger partial charge in [0.25, 0.3) is 0 Å². The van der Waals surface area contributed by atoms with Crippen LogP contribution in [0.4, 0.5) is 0 Å². The van der Waals surface area contributed by atoms with E-state index < -0.39 is 0 Å². The van der Waals surface area contributed by atoms with Gasteiger partial charge in [0, 0.05) is 0 Å². The van der Waals surface area contributed by atoms with Gasteiger partial charge in [-0.05, 0) is 50.4 Å². The summed E-state index contributed by atoms with van der Waals surface area (Å²) >= 11 is 0. The lowest BCUT2D eigenvalue weighted by Crippen LogP contribution is -2.16. The number of hydrogen-bond acceptors (Lipinski definition) is 0. The van der Waals surface area contributed by atoms with Gasteiger partial charge in [0.15, 0.2) is 0 Å². The Labute approximate surface area is 75.4 Å². The Kier molecular flexibility index (Phi) is 2.65. The Morgan fingerprint density at radius 2 is 1.92 bits per heavy atom. The maximum atomic E-state index is 2.47. The lowest BCUT2D eigenvalue weighted by Gasteiger charge is -2.27. The smallest absolute Gasteiger partial charge is 0.0202 e. The molecule has 0 radical (unpaired) electrons. The summed E-state index contributed by atoms with van der Waals surface area (Å²) in [5.41, 5.74) is 0. The molecule has 0 saturated carbocycles. The largest absolute Gasteiger partial charge is 0.0885 e. The topological polar surface area (TPSA) is 0 Å². The van der Waals surface area contributed by atoms with Crippen molar-refractivity contribution in [3.05, 3.63) is 24.3 Å². The third-order valence-electron chi connectivity index (χ3n) is 3.21. The van der Waals surface area contributed by atoms with Crippen LogP contribution in [0.2, 0.25) is 0 Å². The first-order valence-corrected chi connectivity index (χ1v) is 5.28. The highest BCUT2D eigenvalue weighted by Crippen LogP contribution is 2.32. The van der Waals surface area contributed by atoms with Crippen LogP contribution in [0.1, 0.15) is 38.5 Å². The molecule has 2 atom stereocenters. The number of hydrogen-bond donors (Lipinski definition) is 0. The van der Waals surface area contributed by atoms with Crippen molar-refractivity contribution in [3.8, 4) is 0 Å². The molecule has 2 unspecified atom stereocenters. The van der Waals surface area contributed by atoms with E-state index in [4.69, 9.17) is 0 Å². The first kappa shape index (κ1) is 8.10. The molecule has 0 bridgehead atoms. The molecule has 2 rings (SSSR count). The molecule has 0 spiro atoms. The van der Waals surface area contributed by atoms with E-state index in [0.29, 0.717) is 0 Å². The molecule has 0 aromatic heterocycles. The van der Waals surface area contributed by atoms with Crippen molar-refractivity contribution in [2.24, 2.45) is 11.8 Å². The van der Waals surface area contributed by atoms with Gasteiger partial charge in [-0.25, -0.2) is 0 Å². The number of allylic oxidation sites excluding steroid dienone is 4. The molecule has 2 aliphatic rings. The van der Waals surface area contributed by atoms with Gasteiger partial charge in [0.05, 0.1) is 0 Å². The Hall–Kier alpha value is -0.520. The molecule has 2 aliphatic carbocycles. The first-order chi connectivity index (χ1) is 5.97. The van der Waals surface area contributed by atoms with Gasteiger partial charge < -0.3 is 0 Å². The van der Waals surface area contributed by atoms with Gasteiger partial charge in [-0.3, -0.25) is 0 Å². The van der Waals surface area contributed by atoms with Gasteiger partial charge in [-0.15, -0.1) is 0 Å². The molecule has 0 heterocycles. The molecule has 0 saturated heterocycles. The molecule has 0 heteroatoms. The molecule has 0 amide bonds. The van der Waals surface area contributed by atoms with Crippen LogP contribution in [-0.2, 0) is 0 Å². The summed E-state index contributed by atoms with van der Waals surface area (Å²) in [5, 5.41) is 0. The van der Waals surface area contributed by atoms with Gasteiger partial charge in [0.2, 0.25) is 0 Å². The van der Waals surface area contributed by atoms with E-state index in [-0.39, 0.29) is 0 Å². The van der Waals surface area contributed by atoms with E-state index in [1.165, 1.54) is 38.5 Å². The molecular weight excluding hydrogens is 144 g/mol. The molecular formula is C12H18. The fraction of sp³-hybridized carbons (Fsp3) is 0.667. The predicted octanol–water partition coefficient (Wildman–Crippen LogP) is 3.70. The van der Waals surface area contributed by atoms with E-state index in [1.54, 1.807) is 0 Å². The summed E-state index contributed by atoms with van der Waals surface area (Å²) in [4.78, 5) is 0. The van der Waals surface area contributed by atoms with Crippen LogP contribution < -0.4 is 0 Å². The highest BCUT2D eigenvalue weighted by Gasteiger charge is 2.20. The second-order valence-electron chi connectivity index (χ2n) is 4.07. The highest BCUT2D eigenvalue weighted by molar-refractivity contribution is 5.00. The number of rotatable bonds is 0. The van der Waals surface area contributed by atoms with Crippen molar-refractivity contribution in [2.45, 2.75) is 38.5 Å². The summed E-state index contributed by atoms with van der Waals surface area (Å²) in [6, 6.07) is 0. The van der Waals surface area contributed by atoms with E-state index in [1.807, 2.05) is 0 Å². The minimum atomic E-state index is 0.906. The normalized spacial score (nSPS) is 35.3. The second-order valence-corrected chi connectivity index (χ2v) is 4.07. The average Bonchev–Trinajstić information content (AvgIpc) is 2.06. The van der Waals surface area contributed by atoms with Crippen molar-refractivity contribution in [1.29, 1.82) is 0 Å². The maximum Gasteiger partial charge on any atom is -0.0202 e. The minimum Gasteiger partial charge on any atom is -0.0885 e. The van der Waals surface area contributed by atoms with Crippen molar-refractivity contribution in [3.63, 3.8) is 0 Å². The van der Waals surface area contributed by atoms with E-state index in [0.717, 1.165) is 11.8 Å². The highest BCUT2D eigenvalue weighted by atomic mass is 14.3. The van der Waals surface area contributed by atoms with Crippen LogP contribution >= 0.6 is 0 Å². The van der Waals surface area contributed by atoms with Gasteiger partial charge in [-0.1, -0.05) is 24.3 Å².